The van der Waals surface area contributed by atoms with Crippen molar-refractivity contribution in [3.8, 4) is 0 Å². The zero-order valence-electron chi connectivity index (χ0n) is 8.76. The molecular weight excluding hydrogens is 198 g/mol. The first kappa shape index (κ1) is 9.63. The monoisotopic (exact) mass is 209 g/mol. The Balaban J connectivity index is 3.11. The van der Waals surface area contributed by atoms with Gasteiger partial charge >= 0.3 is 5.69 Å². The average molecular weight is 209 g/mol. The van der Waals surface area contributed by atoms with Gasteiger partial charge in [0.25, 0.3) is 5.56 Å². The lowest BCUT2D eigenvalue weighted by Crippen LogP contribution is -2.37. The Morgan fingerprint density at radius 3 is 2.47 bits per heavy atom. The molecule has 2 aromatic heterocycles. The summed E-state index contributed by atoms with van der Waals surface area (Å²) in [4.78, 5) is 23.3. The van der Waals surface area contributed by atoms with Gasteiger partial charge in [0.05, 0.1) is 0 Å². The number of fused-ring (bicyclic) bond motifs is 1. The van der Waals surface area contributed by atoms with Crippen LogP contribution in [-0.2, 0) is 20.6 Å². The molecule has 0 N–H and O–H groups in total. The van der Waals surface area contributed by atoms with E-state index < -0.39 is 5.56 Å². The predicted octanol–water partition coefficient (Wildman–Crippen LogP) is -1.15. The van der Waals surface area contributed by atoms with Gasteiger partial charge in [-0.05, 0) is 6.92 Å². The van der Waals surface area contributed by atoms with Crippen LogP contribution in [0.5, 0.6) is 0 Å². The molecule has 0 unspecified atom stereocenters. The standard InChI is InChI=1S/C8H11N5O2/c1-4-13-6-5(9-10-13)7(14)12(3)8(15)11(6)2/h4H2,1-3H3. The molecule has 0 saturated carbocycles. The normalized spacial score (nSPS) is 11.1. The second-order valence-electron chi connectivity index (χ2n) is 3.28. The summed E-state index contributed by atoms with van der Waals surface area (Å²) < 4.78 is 3.93. The van der Waals surface area contributed by atoms with Gasteiger partial charge in [-0.15, -0.1) is 5.10 Å². The van der Waals surface area contributed by atoms with Crippen LogP contribution in [0, 0.1) is 0 Å². The fourth-order valence-corrected chi connectivity index (χ4v) is 1.55. The summed E-state index contributed by atoms with van der Waals surface area (Å²) >= 11 is 0. The summed E-state index contributed by atoms with van der Waals surface area (Å²) in [6, 6.07) is 0. The van der Waals surface area contributed by atoms with Crippen LogP contribution < -0.4 is 11.2 Å². The zero-order chi connectivity index (χ0) is 11.2. The molecule has 0 atom stereocenters. The lowest BCUT2D eigenvalue weighted by molar-refractivity contribution is 0.619. The van der Waals surface area contributed by atoms with Gasteiger partial charge in [0, 0.05) is 20.6 Å². The van der Waals surface area contributed by atoms with Crippen LogP contribution in [0.25, 0.3) is 11.2 Å². The highest BCUT2D eigenvalue weighted by Gasteiger charge is 2.13. The summed E-state index contributed by atoms with van der Waals surface area (Å²) in [6.07, 6.45) is 0. The number of nitrogens with zero attached hydrogens (tertiary/aromatic N) is 5. The van der Waals surface area contributed by atoms with Crippen LogP contribution in [0.15, 0.2) is 9.59 Å². The van der Waals surface area contributed by atoms with E-state index in [0.29, 0.717) is 12.2 Å². The van der Waals surface area contributed by atoms with E-state index in [4.69, 9.17) is 0 Å². The molecule has 80 valence electrons. The summed E-state index contributed by atoms with van der Waals surface area (Å²) in [7, 11) is 3.02. The number of aromatic nitrogens is 5. The SMILES string of the molecule is CCn1nnc2c(=O)n(C)c(=O)n(C)c21. The van der Waals surface area contributed by atoms with Crippen LogP contribution in [0.4, 0.5) is 0 Å². The van der Waals surface area contributed by atoms with Crippen LogP contribution in [0.2, 0.25) is 0 Å². The second kappa shape index (κ2) is 3.04. The first-order chi connectivity index (χ1) is 7.07. The van der Waals surface area contributed by atoms with Crippen molar-refractivity contribution in [3.63, 3.8) is 0 Å². The van der Waals surface area contributed by atoms with Crippen molar-refractivity contribution in [2.75, 3.05) is 0 Å². The molecule has 2 rings (SSSR count). The molecule has 0 amide bonds. The summed E-state index contributed by atoms with van der Waals surface area (Å²) in [5, 5.41) is 7.58. The minimum absolute atomic E-state index is 0.224. The highest BCUT2D eigenvalue weighted by molar-refractivity contribution is 5.68. The van der Waals surface area contributed by atoms with Gasteiger partial charge in [-0.2, -0.15) is 0 Å². The van der Waals surface area contributed by atoms with Crippen LogP contribution in [0.3, 0.4) is 0 Å². The van der Waals surface area contributed by atoms with E-state index in [2.05, 4.69) is 10.3 Å². The number of rotatable bonds is 1. The van der Waals surface area contributed by atoms with Gasteiger partial charge in [0.2, 0.25) is 0 Å². The molecule has 0 saturated heterocycles. The topological polar surface area (TPSA) is 74.7 Å². The first-order valence-electron chi connectivity index (χ1n) is 4.57. The molecule has 0 aliphatic carbocycles. The molecule has 0 bridgehead atoms. The molecule has 0 radical (unpaired) electrons. The molecule has 7 heteroatoms. The van der Waals surface area contributed by atoms with Crippen molar-refractivity contribution in [3.05, 3.63) is 20.8 Å². The summed E-state index contributed by atoms with van der Waals surface area (Å²) in [5.74, 6) is 0. The van der Waals surface area contributed by atoms with Crippen LogP contribution in [0.1, 0.15) is 6.92 Å². The molecule has 0 aliphatic heterocycles. The largest absolute Gasteiger partial charge is 0.332 e. The fraction of sp³-hybridized carbons (Fsp3) is 0.500. The Bertz CT molecular complexity index is 633. The van der Waals surface area contributed by atoms with E-state index in [0.717, 1.165) is 4.57 Å². The molecule has 7 nitrogen and oxygen atoms in total. The van der Waals surface area contributed by atoms with Crippen LogP contribution in [-0.4, -0.2) is 24.1 Å². The minimum atomic E-state index is -0.409. The highest BCUT2D eigenvalue weighted by Crippen LogP contribution is 2.01. The van der Waals surface area contributed by atoms with Crippen molar-refractivity contribution in [1.29, 1.82) is 0 Å². The van der Waals surface area contributed by atoms with E-state index in [9.17, 15) is 9.59 Å². The van der Waals surface area contributed by atoms with E-state index in [1.165, 1.54) is 16.3 Å². The number of hydrogen-bond acceptors (Lipinski definition) is 4. The summed E-state index contributed by atoms with van der Waals surface area (Å²) in [5.41, 5.74) is -0.0932. The van der Waals surface area contributed by atoms with Crippen molar-refractivity contribution in [1.82, 2.24) is 24.1 Å². The molecular formula is C8H11N5O2. The van der Waals surface area contributed by atoms with Crippen molar-refractivity contribution < 1.29 is 0 Å². The fourth-order valence-electron chi connectivity index (χ4n) is 1.55. The van der Waals surface area contributed by atoms with Crippen molar-refractivity contribution in [2.24, 2.45) is 14.1 Å². The van der Waals surface area contributed by atoms with Gasteiger partial charge in [0.1, 0.15) is 0 Å². The highest BCUT2D eigenvalue weighted by atomic mass is 16.2. The van der Waals surface area contributed by atoms with Gasteiger partial charge in [-0.1, -0.05) is 5.21 Å². The molecule has 0 aromatic carbocycles. The Hall–Kier alpha value is -1.92. The molecule has 2 heterocycles. The second-order valence-corrected chi connectivity index (χ2v) is 3.28. The molecule has 0 fully saturated rings. The molecule has 2 aromatic rings. The third kappa shape index (κ3) is 1.12. The Labute approximate surface area is 84.6 Å². The maximum atomic E-state index is 11.7. The maximum absolute atomic E-state index is 11.7. The minimum Gasteiger partial charge on any atom is -0.279 e. The van der Waals surface area contributed by atoms with Gasteiger partial charge in [-0.25, -0.2) is 9.48 Å². The molecule has 0 aliphatic rings. The van der Waals surface area contributed by atoms with E-state index >= 15 is 0 Å². The first-order valence-corrected chi connectivity index (χ1v) is 4.57. The van der Waals surface area contributed by atoms with Gasteiger partial charge in [0.15, 0.2) is 11.2 Å². The number of hydrogen-bond donors (Lipinski definition) is 0. The third-order valence-corrected chi connectivity index (χ3v) is 2.41. The Morgan fingerprint density at radius 1 is 1.20 bits per heavy atom. The van der Waals surface area contributed by atoms with Crippen LogP contribution >= 0.6 is 0 Å². The van der Waals surface area contributed by atoms with E-state index in [1.807, 2.05) is 6.92 Å². The third-order valence-electron chi connectivity index (χ3n) is 2.41. The quantitative estimate of drug-likeness (QED) is 0.594. The van der Waals surface area contributed by atoms with E-state index in [-0.39, 0.29) is 11.2 Å². The summed E-state index contributed by atoms with van der Waals surface area (Å²) in [6.45, 7) is 2.44. The average Bonchev–Trinajstić information content (AvgIpc) is 2.67. The zero-order valence-corrected chi connectivity index (χ0v) is 8.76. The smallest absolute Gasteiger partial charge is 0.279 e. The van der Waals surface area contributed by atoms with E-state index in [1.54, 1.807) is 7.05 Å². The Kier molecular flexibility index (Phi) is 1.95. The molecule has 0 spiro atoms. The lowest BCUT2D eigenvalue weighted by atomic mass is 10.5. The van der Waals surface area contributed by atoms with Gasteiger partial charge in [-0.3, -0.25) is 13.9 Å². The van der Waals surface area contributed by atoms with Crippen molar-refractivity contribution >= 4 is 11.2 Å². The lowest BCUT2D eigenvalue weighted by Gasteiger charge is -2.04. The van der Waals surface area contributed by atoms with Gasteiger partial charge < -0.3 is 0 Å². The maximum Gasteiger partial charge on any atom is 0.332 e. The Morgan fingerprint density at radius 2 is 1.87 bits per heavy atom. The number of aryl methyl sites for hydroxylation is 2. The van der Waals surface area contributed by atoms with Crippen molar-refractivity contribution in [2.45, 2.75) is 13.5 Å². The molecule has 15 heavy (non-hydrogen) atoms. The predicted molar refractivity (Wildman–Crippen MR) is 53.7 cm³/mol.